The largest absolute Gasteiger partial charge is 0.294 e. The standard InChI is InChI=1S/C17H19NO3/c1-18-16(20)10-12-6-7-13(9-14(12)17(18)21)15(19)8-11-4-2-3-5-11/h6-7,9,11H,2-5,8,10H2,1H3. The van der Waals surface area contributed by atoms with Crippen LogP contribution in [0.4, 0.5) is 0 Å². The topological polar surface area (TPSA) is 54.5 Å². The van der Waals surface area contributed by atoms with Crippen molar-refractivity contribution < 1.29 is 14.4 Å². The number of carbonyl (C=O) groups is 3. The number of rotatable bonds is 3. The summed E-state index contributed by atoms with van der Waals surface area (Å²) in [6.45, 7) is 0. The van der Waals surface area contributed by atoms with E-state index >= 15 is 0 Å². The second-order valence-corrected chi connectivity index (χ2v) is 6.08. The fourth-order valence-corrected chi connectivity index (χ4v) is 3.27. The second kappa shape index (κ2) is 5.43. The third kappa shape index (κ3) is 2.62. The predicted octanol–water partition coefficient (Wildman–Crippen LogP) is 2.60. The van der Waals surface area contributed by atoms with Crippen LogP contribution in [0.2, 0.25) is 0 Å². The van der Waals surface area contributed by atoms with Crippen molar-refractivity contribution in [2.75, 3.05) is 7.05 Å². The number of Topliss-reactive ketones (excluding diaryl/α,β-unsaturated/α-hetero) is 1. The maximum atomic E-state index is 12.3. The molecule has 2 amide bonds. The molecule has 0 unspecified atom stereocenters. The predicted molar refractivity (Wildman–Crippen MR) is 78.2 cm³/mol. The Hall–Kier alpha value is -1.97. The first-order valence-corrected chi connectivity index (χ1v) is 7.53. The average molecular weight is 285 g/mol. The van der Waals surface area contributed by atoms with E-state index in [2.05, 4.69) is 0 Å². The number of likely N-dealkylation sites (N-methyl/N-ethyl adjacent to an activating group) is 1. The number of hydrogen-bond acceptors (Lipinski definition) is 3. The van der Waals surface area contributed by atoms with Crippen molar-refractivity contribution in [1.29, 1.82) is 0 Å². The summed E-state index contributed by atoms with van der Waals surface area (Å²) >= 11 is 0. The van der Waals surface area contributed by atoms with Gasteiger partial charge in [0.15, 0.2) is 5.78 Å². The highest BCUT2D eigenvalue weighted by molar-refractivity contribution is 6.10. The molecule has 0 radical (unpaired) electrons. The highest BCUT2D eigenvalue weighted by atomic mass is 16.2. The number of fused-ring (bicyclic) bond motifs is 1. The summed E-state index contributed by atoms with van der Waals surface area (Å²) in [6, 6.07) is 5.17. The van der Waals surface area contributed by atoms with Gasteiger partial charge in [-0.25, -0.2) is 0 Å². The van der Waals surface area contributed by atoms with Crippen molar-refractivity contribution >= 4 is 17.6 Å². The Morgan fingerprint density at radius 3 is 2.67 bits per heavy atom. The Bertz CT molecular complexity index is 614. The zero-order chi connectivity index (χ0) is 15.0. The van der Waals surface area contributed by atoms with Crippen molar-refractivity contribution in [2.45, 2.75) is 38.5 Å². The number of imide groups is 1. The molecule has 0 N–H and O–H groups in total. The zero-order valence-corrected chi connectivity index (χ0v) is 12.2. The molecule has 1 saturated carbocycles. The smallest absolute Gasteiger partial charge is 0.260 e. The molecule has 0 saturated heterocycles. The summed E-state index contributed by atoms with van der Waals surface area (Å²) in [5, 5.41) is 0. The zero-order valence-electron chi connectivity index (χ0n) is 12.2. The molecule has 1 heterocycles. The Morgan fingerprint density at radius 2 is 1.95 bits per heavy atom. The minimum Gasteiger partial charge on any atom is -0.294 e. The summed E-state index contributed by atoms with van der Waals surface area (Å²) in [5.41, 5.74) is 1.81. The van der Waals surface area contributed by atoms with Crippen LogP contribution in [0.1, 0.15) is 58.4 Å². The lowest BCUT2D eigenvalue weighted by atomic mass is 9.92. The SMILES string of the molecule is CN1C(=O)Cc2ccc(C(=O)CC3CCCC3)cc2C1=O. The molecule has 1 aliphatic heterocycles. The molecule has 1 aromatic rings. The Morgan fingerprint density at radius 1 is 1.24 bits per heavy atom. The van der Waals surface area contributed by atoms with Gasteiger partial charge in [-0.2, -0.15) is 0 Å². The summed E-state index contributed by atoms with van der Waals surface area (Å²) in [7, 11) is 1.49. The van der Waals surface area contributed by atoms with Crippen molar-refractivity contribution in [3.05, 3.63) is 34.9 Å². The minimum absolute atomic E-state index is 0.108. The first-order valence-electron chi connectivity index (χ1n) is 7.53. The van der Waals surface area contributed by atoms with E-state index in [9.17, 15) is 14.4 Å². The quantitative estimate of drug-likeness (QED) is 0.633. The number of nitrogens with zero attached hydrogens (tertiary/aromatic N) is 1. The molecular formula is C17H19NO3. The molecular weight excluding hydrogens is 266 g/mol. The molecule has 3 rings (SSSR count). The Labute approximate surface area is 124 Å². The molecule has 0 atom stereocenters. The maximum absolute atomic E-state index is 12.3. The van der Waals surface area contributed by atoms with Crippen molar-refractivity contribution in [1.82, 2.24) is 4.90 Å². The van der Waals surface area contributed by atoms with Gasteiger partial charge in [0.25, 0.3) is 5.91 Å². The van der Waals surface area contributed by atoms with Gasteiger partial charge in [0.1, 0.15) is 0 Å². The van der Waals surface area contributed by atoms with Gasteiger partial charge in [0.05, 0.1) is 6.42 Å². The maximum Gasteiger partial charge on any atom is 0.260 e. The van der Waals surface area contributed by atoms with E-state index in [-0.39, 0.29) is 24.0 Å². The monoisotopic (exact) mass is 285 g/mol. The molecule has 21 heavy (non-hydrogen) atoms. The van der Waals surface area contributed by atoms with Gasteiger partial charge in [0, 0.05) is 24.6 Å². The number of amides is 2. The average Bonchev–Trinajstić information content (AvgIpc) is 2.97. The summed E-state index contributed by atoms with van der Waals surface area (Å²) in [5.74, 6) is 0.0971. The molecule has 0 aromatic heterocycles. The molecule has 1 fully saturated rings. The Kier molecular flexibility index (Phi) is 3.62. The van der Waals surface area contributed by atoms with Crippen LogP contribution in [0, 0.1) is 5.92 Å². The van der Waals surface area contributed by atoms with Crippen LogP contribution in [-0.2, 0) is 11.2 Å². The molecule has 4 nitrogen and oxygen atoms in total. The molecule has 4 heteroatoms. The minimum atomic E-state index is -0.309. The van der Waals surface area contributed by atoms with Crippen LogP contribution in [0.15, 0.2) is 18.2 Å². The van der Waals surface area contributed by atoms with Crippen molar-refractivity contribution in [3.8, 4) is 0 Å². The summed E-state index contributed by atoms with van der Waals surface area (Å²) < 4.78 is 0. The van der Waals surface area contributed by atoms with Gasteiger partial charge in [0.2, 0.25) is 5.91 Å². The fourth-order valence-electron chi connectivity index (χ4n) is 3.27. The van der Waals surface area contributed by atoms with Crippen LogP contribution < -0.4 is 0 Å². The number of ketones is 1. The van der Waals surface area contributed by atoms with Gasteiger partial charge in [-0.15, -0.1) is 0 Å². The van der Waals surface area contributed by atoms with Crippen molar-refractivity contribution in [3.63, 3.8) is 0 Å². The Balaban J connectivity index is 1.83. The van der Waals surface area contributed by atoms with Crippen LogP contribution in [0.3, 0.4) is 0 Å². The van der Waals surface area contributed by atoms with Crippen LogP contribution in [0.25, 0.3) is 0 Å². The first-order chi connectivity index (χ1) is 10.1. The van der Waals surface area contributed by atoms with Gasteiger partial charge >= 0.3 is 0 Å². The first kappa shape index (κ1) is 14.0. The van der Waals surface area contributed by atoms with Crippen molar-refractivity contribution in [2.24, 2.45) is 5.92 Å². The molecule has 1 aromatic carbocycles. The lowest BCUT2D eigenvalue weighted by Gasteiger charge is -2.23. The summed E-state index contributed by atoms with van der Waals surface area (Å²) in [6.07, 6.45) is 5.50. The molecule has 110 valence electrons. The van der Waals surface area contributed by atoms with Gasteiger partial charge in [-0.1, -0.05) is 37.8 Å². The molecule has 0 spiro atoms. The van der Waals surface area contributed by atoms with E-state index in [4.69, 9.17) is 0 Å². The highest BCUT2D eigenvalue weighted by Gasteiger charge is 2.29. The normalized spacial score (nSPS) is 19.0. The van der Waals surface area contributed by atoms with Gasteiger partial charge in [-0.05, 0) is 17.5 Å². The van der Waals surface area contributed by atoms with Gasteiger partial charge in [-0.3, -0.25) is 19.3 Å². The van der Waals surface area contributed by atoms with Crippen LogP contribution in [0.5, 0.6) is 0 Å². The third-order valence-electron chi connectivity index (χ3n) is 4.63. The number of carbonyl (C=O) groups excluding carboxylic acids is 3. The lowest BCUT2D eigenvalue weighted by molar-refractivity contribution is -0.127. The van der Waals surface area contributed by atoms with E-state index in [1.165, 1.54) is 19.9 Å². The van der Waals surface area contributed by atoms with E-state index in [0.717, 1.165) is 23.3 Å². The van der Waals surface area contributed by atoms with E-state index < -0.39 is 0 Å². The summed E-state index contributed by atoms with van der Waals surface area (Å²) in [4.78, 5) is 37.3. The van der Waals surface area contributed by atoms with Gasteiger partial charge < -0.3 is 0 Å². The van der Waals surface area contributed by atoms with E-state index in [1.54, 1.807) is 18.2 Å². The number of benzene rings is 1. The lowest BCUT2D eigenvalue weighted by Crippen LogP contribution is -2.39. The third-order valence-corrected chi connectivity index (χ3v) is 4.63. The fraction of sp³-hybridized carbons (Fsp3) is 0.471. The number of hydrogen-bond donors (Lipinski definition) is 0. The van der Waals surface area contributed by atoms with E-state index in [1.807, 2.05) is 0 Å². The second-order valence-electron chi connectivity index (χ2n) is 6.08. The molecule has 1 aliphatic carbocycles. The van der Waals surface area contributed by atoms with Crippen LogP contribution >= 0.6 is 0 Å². The molecule has 2 aliphatic rings. The van der Waals surface area contributed by atoms with Crippen LogP contribution in [-0.4, -0.2) is 29.5 Å². The highest BCUT2D eigenvalue weighted by Crippen LogP contribution is 2.29. The molecule has 0 bridgehead atoms. The van der Waals surface area contributed by atoms with E-state index in [0.29, 0.717) is 23.5 Å².